The highest BCUT2D eigenvalue weighted by Gasteiger charge is 2.14. The Hall–Kier alpha value is -1.22. The largest absolute Gasteiger partial charge is 0.399 e. The molecule has 2 aromatic carbocycles. The van der Waals surface area contributed by atoms with Gasteiger partial charge in [0, 0.05) is 28.3 Å². The van der Waals surface area contributed by atoms with Gasteiger partial charge in [-0.1, -0.05) is 41.4 Å². The lowest BCUT2D eigenvalue weighted by molar-refractivity contribution is 0.253. The Morgan fingerprint density at radius 3 is 2.50 bits per heavy atom. The molecule has 0 bridgehead atoms. The Bertz CT molecular complexity index is 579. The molecule has 0 aliphatic rings. The van der Waals surface area contributed by atoms with E-state index in [0.717, 1.165) is 22.7 Å². The third-order valence-corrected chi connectivity index (χ3v) is 3.99. The topological polar surface area (TPSA) is 29.3 Å². The van der Waals surface area contributed by atoms with Crippen LogP contribution in [0.25, 0.3) is 0 Å². The maximum Gasteiger partial charge on any atom is 0.0453 e. The van der Waals surface area contributed by atoms with E-state index in [0.29, 0.717) is 10.7 Å². The molecule has 2 rings (SSSR count). The normalized spacial score (nSPS) is 12.7. The van der Waals surface area contributed by atoms with Crippen molar-refractivity contribution in [1.82, 2.24) is 4.90 Å². The van der Waals surface area contributed by atoms with E-state index >= 15 is 0 Å². The first-order valence-electron chi connectivity index (χ1n) is 6.47. The smallest absolute Gasteiger partial charge is 0.0453 e. The van der Waals surface area contributed by atoms with Crippen LogP contribution in [0.1, 0.15) is 24.1 Å². The molecule has 0 saturated carbocycles. The van der Waals surface area contributed by atoms with Crippen molar-refractivity contribution in [2.45, 2.75) is 19.5 Å². The number of nitrogens with zero attached hydrogens (tertiary/aromatic N) is 1. The van der Waals surface area contributed by atoms with Crippen LogP contribution < -0.4 is 5.73 Å². The van der Waals surface area contributed by atoms with E-state index in [-0.39, 0.29) is 6.04 Å². The highest BCUT2D eigenvalue weighted by Crippen LogP contribution is 2.28. The summed E-state index contributed by atoms with van der Waals surface area (Å²) >= 11 is 12.3. The second kappa shape index (κ2) is 6.49. The van der Waals surface area contributed by atoms with E-state index in [1.807, 2.05) is 30.3 Å². The maximum atomic E-state index is 6.25. The van der Waals surface area contributed by atoms with Gasteiger partial charge in [-0.15, -0.1) is 0 Å². The van der Waals surface area contributed by atoms with Crippen molar-refractivity contribution < 1.29 is 0 Å². The molecule has 2 N–H and O–H groups in total. The van der Waals surface area contributed by atoms with Gasteiger partial charge in [0.2, 0.25) is 0 Å². The first kappa shape index (κ1) is 15.2. The molecule has 0 aromatic heterocycles. The average Bonchev–Trinajstić information content (AvgIpc) is 2.37. The highest BCUT2D eigenvalue weighted by molar-refractivity contribution is 6.31. The average molecular weight is 309 g/mol. The molecular formula is C16H18Cl2N2. The van der Waals surface area contributed by atoms with Crippen LogP contribution in [0, 0.1) is 0 Å². The molecule has 0 fully saturated rings. The van der Waals surface area contributed by atoms with Crippen LogP contribution >= 0.6 is 23.2 Å². The molecule has 2 nitrogen and oxygen atoms in total. The molecule has 0 radical (unpaired) electrons. The lowest BCUT2D eigenvalue weighted by Gasteiger charge is -2.26. The third-order valence-electron chi connectivity index (χ3n) is 3.43. The molecule has 1 atom stereocenters. The predicted octanol–water partition coefficient (Wildman–Crippen LogP) is 4.77. The van der Waals surface area contributed by atoms with Gasteiger partial charge in [-0.05, 0) is 49.4 Å². The van der Waals surface area contributed by atoms with Gasteiger partial charge in [-0.2, -0.15) is 0 Å². The Morgan fingerprint density at radius 2 is 1.85 bits per heavy atom. The molecule has 20 heavy (non-hydrogen) atoms. The minimum Gasteiger partial charge on any atom is -0.399 e. The van der Waals surface area contributed by atoms with Crippen LogP contribution in [0.3, 0.4) is 0 Å². The summed E-state index contributed by atoms with van der Waals surface area (Å²) in [6.45, 7) is 2.90. The summed E-state index contributed by atoms with van der Waals surface area (Å²) < 4.78 is 0. The van der Waals surface area contributed by atoms with Crippen molar-refractivity contribution in [1.29, 1.82) is 0 Å². The third kappa shape index (κ3) is 3.66. The van der Waals surface area contributed by atoms with Crippen LogP contribution in [-0.4, -0.2) is 11.9 Å². The van der Waals surface area contributed by atoms with Crippen LogP contribution in [0.5, 0.6) is 0 Å². The van der Waals surface area contributed by atoms with Crippen LogP contribution in [0.4, 0.5) is 5.69 Å². The van der Waals surface area contributed by atoms with Gasteiger partial charge >= 0.3 is 0 Å². The number of rotatable bonds is 4. The van der Waals surface area contributed by atoms with Crippen molar-refractivity contribution in [3.05, 3.63) is 63.6 Å². The first-order chi connectivity index (χ1) is 9.47. The number of benzene rings is 2. The molecule has 0 heterocycles. The number of halogens is 2. The van der Waals surface area contributed by atoms with Gasteiger partial charge in [0.05, 0.1) is 0 Å². The fourth-order valence-electron chi connectivity index (χ4n) is 2.24. The van der Waals surface area contributed by atoms with E-state index in [1.165, 1.54) is 0 Å². The van der Waals surface area contributed by atoms with E-state index in [9.17, 15) is 0 Å². The second-order valence-corrected chi connectivity index (χ2v) is 5.85. The van der Waals surface area contributed by atoms with Crippen molar-refractivity contribution in [3.8, 4) is 0 Å². The van der Waals surface area contributed by atoms with Gasteiger partial charge in [-0.25, -0.2) is 0 Å². The number of anilines is 1. The fraction of sp³-hybridized carbons (Fsp3) is 0.250. The summed E-state index contributed by atoms with van der Waals surface area (Å²) in [5.41, 5.74) is 8.72. The quantitative estimate of drug-likeness (QED) is 0.824. The molecular weight excluding hydrogens is 291 g/mol. The van der Waals surface area contributed by atoms with Gasteiger partial charge in [-0.3, -0.25) is 4.90 Å². The monoisotopic (exact) mass is 308 g/mol. The second-order valence-electron chi connectivity index (χ2n) is 5.01. The van der Waals surface area contributed by atoms with E-state index in [2.05, 4.69) is 24.9 Å². The van der Waals surface area contributed by atoms with Crippen molar-refractivity contribution in [2.24, 2.45) is 0 Å². The van der Waals surface area contributed by atoms with Crippen LogP contribution in [0.15, 0.2) is 42.5 Å². The molecule has 2 aromatic rings. The Kier molecular flexibility index (Phi) is 4.92. The zero-order valence-corrected chi connectivity index (χ0v) is 13.1. The van der Waals surface area contributed by atoms with E-state index in [4.69, 9.17) is 28.9 Å². The summed E-state index contributed by atoms with van der Waals surface area (Å²) in [6, 6.07) is 13.8. The number of hydrogen-bond donors (Lipinski definition) is 1. The Labute approximate surface area is 130 Å². The van der Waals surface area contributed by atoms with Gasteiger partial charge in [0.1, 0.15) is 0 Å². The number of nitrogens with two attached hydrogens (primary N) is 1. The molecule has 0 saturated heterocycles. The molecule has 0 amide bonds. The van der Waals surface area contributed by atoms with Crippen LogP contribution in [-0.2, 0) is 6.54 Å². The Balaban J connectivity index is 2.15. The number of nitrogen functional groups attached to an aromatic ring is 1. The zero-order chi connectivity index (χ0) is 14.7. The van der Waals surface area contributed by atoms with Crippen molar-refractivity contribution in [3.63, 3.8) is 0 Å². The lowest BCUT2D eigenvalue weighted by Crippen LogP contribution is -2.22. The molecule has 0 aliphatic heterocycles. The summed E-state index contributed by atoms with van der Waals surface area (Å²) in [7, 11) is 2.06. The number of hydrogen-bond acceptors (Lipinski definition) is 2. The molecule has 0 spiro atoms. The van der Waals surface area contributed by atoms with Crippen molar-refractivity contribution in [2.75, 3.05) is 12.8 Å². The predicted molar refractivity (Wildman–Crippen MR) is 87.2 cm³/mol. The molecule has 106 valence electrons. The minimum atomic E-state index is 0.212. The maximum absolute atomic E-state index is 6.25. The van der Waals surface area contributed by atoms with Crippen LogP contribution in [0.2, 0.25) is 10.0 Å². The fourth-order valence-corrected chi connectivity index (χ4v) is 2.80. The van der Waals surface area contributed by atoms with Crippen molar-refractivity contribution >= 4 is 28.9 Å². The Morgan fingerprint density at radius 1 is 1.15 bits per heavy atom. The summed E-state index contributed by atoms with van der Waals surface area (Å²) in [4.78, 5) is 2.21. The minimum absolute atomic E-state index is 0.212. The van der Waals surface area contributed by atoms with E-state index < -0.39 is 0 Å². The lowest BCUT2D eigenvalue weighted by atomic mass is 10.1. The zero-order valence-electron chi connectivity index (χ0n) is 11.6. The standard InChI is InChI=1S/C16H18Cl2N2/c1-11(15-5-3-4-6-16(15)18)20(2)10-12-7-13(17)9-14(19)8-12/h3-9,11H,10,19H2,1-2H3. The SMILES string of the molecule is CC(c1ccccc1Cl)N(C)Cc1cc(N)cc(Cl)c1. The summed E-state index contributed by atoms with van der Waals surface area (Å²) in [5.74, 6) is 0. The van der Waals surface area contributed by atoms with Gasteiger partial charge in [0.25, 0.3) is 0 Å². The van der Waals surface area contributed by atoms with Gasteiger partial charge in [0.15, 0.2) is 0 Å². The van der Waals surface area contributed by atoms with E-state index in [1.54, 1.807) is 6.07 Å². The summed E-state index contributed by atoms with van der Waals surface area (Å²) in [6.07, 6.45) is 0. The molecule has 0 aliphatic carbocycles. The highest BCUT2D eigenvalue weighted by atomic mass is 35.5. The molecule has 4 heteroatoms. The first-order valence-corrected chi connectivity index (χ1v) is 7.22. The summed E-state index contributed by atoms with van der Waals surface area (Å²) in [5, 5.41) is 1.45. The van der Waals surface area contributed by atoms with Gasteiger partial charge < -0.3 is 5.73 Å². The molecule has 1 unspecified atom stereocenters.